The van der Waals surface area contributed by atoms with Gasteiger partial charge in [-0.1, -0.05) is 29.8 Å². The quantitative estimate of drug-likeness (QED) is 0.493. The van der Waals surface area contributed by atoms with Crippen molar-refractivity contribution >= 4 is 27.4 Å². The molecule has 0 heterocycles. The maximum Gasteiger partial charge on any atom is 0.416 e. The monoisotopic (exact) mass is 505 g/mol. The van der Waals surface area contributed by atoms with Crippen LogP contribution in [0.1, 0.15) is 36.8 Å². The van der Waals surface area contributed by atoms with Gasteiger partial charge in [-0.15, -0.1) is 0 Å². The first-order valence-corrected chi connectivity index (χ1v) is 12.1. The molecule has 0 aliphatic heterocycles. The molecular weight excluding hydrogens is 486 g/mol. The topological polar surface area (TPSA) is 72.5 Å². The average molecular weight is 506 g/mol. The second-order valence-corrected chi connectivity index (χ2v) is 11.1. The third-order valence-corrected chi connectivity index (χ3v) is 7.75. The minimum absolute atomic E-state index is 0.0459. The van der Waals surface area contributed by atoms with Gasteiger partial charge in [-0.2, -0.15) is 13.2 Å². The van der Waals surface area contributed by atoms with Crippen LogP contribution in [0.4, 0.5) is 17.6 Å². The van der Waals surface area contributed by atoms with Crippen molar-refractivity contribution in [1.82, 2.24) is 4.72 Å². The first kappa shape index (κ1) is 24.0. The molecule has 0 spiro atoms. The number of benzene rings is 2. The predicted molar refractivity (Wildman–Crippen MR) is 113 cm³/mol. The van der Waals surface area contributed by atoms with Crippen LogP contribution in [0.25, 0.3) is 0 Å². The van der Waals surface area contributed by atoms with E-state index in [1.807, 2.05) is 0 Å². The van der Waals surface area contributed by atoms with Crippen molar-refractivity contribution in [3.05, 3.63) is 64.4 Å². The van der Waals surface area contributed by atoms with Crippen LogP contribution in [0.3, 0.4) is 0 Å². The number of ether oxygens (including phenoxy) is 1. The van der Waals surface area contributed by atoms with Crippen molar-refractivity contribution in [2.24, 2.45) is 5.41 Å². The van der Waals surface area contributed by atoms with Gasteiger partial charge in [0.15, 0.2) is 5.78 Å². The van der Waals surface area contributed by atoms with Crippen LogP contribution in [0.2, 0.25) is 5.02 Å². The highest BCUT2D eigenvalue weighted by molar-refractivity contribution is 7.88. The summed E-state index contributed by atoms with van der Waals surface area (Å²) in [5.74, 6) is -1.22. The lowest BCUT2D eigenvalue weighted by atomic mass is 9.38. The number of nitrogens with one attached hydrogen (secondary N) is 1. The molecule has 3 saturated carbocycles. The molecule has 3 aliphatic carbocycles. The van der Waals surface area contributed by atoms with Gasteiger partial charge in [0.05, 0.1) is 16.3 Å². The van der Waals surface area contributed by atoms with Crippen LogP contribution in [0.15, 0.2) is 42.5 Å². The van der Waals surface area contributed by atoms with Gasteiger partial charge < -0.3 is 4.74 Å². The van der Waals surface area contributed by atoms with Gasteiger partial charge in [-0.05, 0) is 48.4 Å². The highest BCUT2D eigenvalue weighted by Crippen LogP contribution is 2.69. The largest absolute Gasteiger partial charge is 0.486 e. The lowest BCUT2D eigenvalue weighted by Crippen LogP contribution is -2.75. The normalized spacial score (nSPS) is 24.0. The highest BCUT2D eigenvalue weighted by atomic mass is 35.5. The summed E-state index contributed by atoms with van der Waals surface area (Å²) in [6.07, 6.45) is -2.92. The lowest BCUT2D eigenvalue weighted by molar-refractivity contribution is -0.159. The number of hydrogen-bond acceptors (Lipinski definition) is 4. The number of Topliss-reactive ketones (excluding diaryl/α,β-unsaturated/α-hetero) is 1. The molecule has 0 atom stereocenters. The van der Waals surface area contributed by atoms with Crippen molar-refractivity contribution in [2.45, 2.75) is 43.2 Å². The fraction of sp³-hybridized carbons (Fsp3) is 0.409. The Morgan fingerprint density at radius 1 is 1.12 bits per heavy atom. The van der Waals surface area contributed by atoms with Crippen LogP contribution in [0.5, 0.6) is 5.75 Å². The summed E-state index contributed by atoms with van der Waals surface area (Å²) in [6.45, 7) is -0.239. The fourth-order valence-electron chi connectivity index (χ4n) is 4.92. The van der Waals surface area contributed by atoms with E-state index >= 15 is 0 Å². The molecule has 3 aliphatic rings. The molecule has 0 saturated heterocycles. The maximum atomic E-state index is 13.4. The van der Waals surface area contributed by atoms with Gasteiger partial charge in [-0.3, -0.25) is 4.79 Å². The van der Waals surface area contributed by atoms with Gasteiger partial charge >= 0.3 is 6.18 Å². The average Bonchev–Trinajstić information content (AvgIpc) is 2.65. The number of rotatable bonds is 9. The van der Waals surface area contributed by atoms with Gasteiger partial charge in [0.2, 0.25) is 10.0 Å². The second-order valence-electron chi connectivity index (χ2n) is 8.95. The molecule has 0 unspecified atom stereocenters. The summed E-state index contributed by atoms with van der Waals surface area (Å²) in [5, 5.41) is -0.0525. The van der Waals surface area contributed by atoms with Crippen LogP contribution < -0.4 is 9.46 Å². The summed E-state index contributed by atoms with van der Waals surface area (Å²) >= 11 is 5.60. The van der Waals surface area contributed by atoms with Crippen molar-refractivity contribution in [3.63, 3.8) is 0 Å². The molecule has 5 rings (SSSR count). The number of carbonyl (C=O) groups is 1. The summed E-state index contributed by atoms with van der Waals surface area (Å²) in [4.78, 5) is 12.3. The Balaban J connectivity index is 1.26. The zero-order valence-corrected chi connectivity index (χ0v) is 18.8. The molecule has 0 amide bonds. The zero-order valence-electron chi connectivity index (χ0n) is 17.2. The van der Waals surface area contributed by atoms with E-state index in [0.29, 0.717) is 19.3 Å². The molecule has 3 fully saturated rings. The van der Waals surface area contributed by atoms with Crippen molar-refractivity contribution in [3.8, 4) is 5.75 Å². The number of hydrogen-bond donors (Lipinski definition) is 1. The number of halogens is 5. The maximum absolute atomic E-state index is 13.4. The van der Waals surface area contributed by atoms with E-state index in [-0.39, 0.29) is 40.6 Å². The van der Waals surface area contributed by atoms with E-state index in [1.54, 1.807) is 0 Å². The van der Waals surface area contributed by atoms with Gasteiger partial charge in [0.1, 0.15) is 18.2 Å². The molecule has 178 valence electrons. The lowest BCUT2D eigenvalue weighted by Gasteiger charge is -2.70. The van der Waals surface area contributed by atoms with Gasteiger partial charge in [0.25, 0.3) is 0 Å². The van der Waals surface area contributed by atoms with Crippen molar-refractivity contribution < 1.29 is 35.5 Å². The number of ketones is 1. The molecular formula is C22H20ClF4NO4S. The molecule has 0 aromatic heterocycles. The standard InChI is InChI=1S/C22H20ClF4NO4S/c23-18-5-4-17(7-19(18)24)32-9-16(29)8-20-11-21(12-20,13-20)28-33(30,31)10-14-2-1-3-15(6-14)22(25,26)27/h1-7,28H,8-13H2. The Kier molecular flexibility index (Phi) is 5.99. The Labute approximate surface area is 193 Å². The molecule has 0 radical (unpaired) electrons. The molecule has 2 aromatic rings. The van der Waals surface area contributed by atoms with E-state index in [1.165, 1.54) is 24.3 Å². The van der Waals surface area contributed by atoms with E-state index < -0.39 is 38.9 Å². The van der Waals surface area contributed by atoms with Crippen LogP contribution in [0, 0.1) is 11.2 Å². The van der Waals surface area contributed by atoms with E-state index in [4.69, 9.17) is 16.3 Å². The molecule has 33 heavy (non-hydrogen) atoms. The zero-order chi connectivity index (χ0) is 24.1. The minimum Gasteiger partial charge on any atom is -0.486 e. The van der Waals surface area contributed by atoms with E-state index in [9.17, 15) is 30.8 Å². The van der Waals surface area contributed by atoms with Crippen LogP contribution >= 0.6 is 11.6 Å². The summed E-state index contributed by atoms with van der Waals surface area (Å²) < 4.78 is 84.9. The highest BCUT2D eigenvalue weighted by Gasteiger charge is 2.69. The van der Waals surface area contributed by atoms with Gasteiger partial charge in [-0.25, -0.2) is 17.5 Å². The molecule has 1 N–H and O–H groups in total. The SMILES string of the molecule is O=C(COc1ccc(Cl)c(F)c1)CC12CC(NS(=O)(=O)Cc3cccc(C(F)(F)F)c3)(C1)C2. The van der Waals surface area contributed by atoms with E-state index in [2.05, 4.69) is 4.72 Å². The Morgan fingerprint density at radius 2 is 1.82 bits per heavy atom. The first-order valence-electron chi connectivity index (χ1n) is 10.1. The summed E-state index contributed by atoms with van der Waals surface area (Å²) in [5.41, 5.74) is -1.81. The third kappa shape index (κ3) is 5.33. The van der Waals surface area contributed by atoms with Crippen LogP contribution in [-0.2, 0) is 26.7 Å². The van der Waals surface area contributed by atoms with Crippen molar-refractivity contribution in [2.75, 3.05) is 6.61 Å². The summed E-state index contributed by atoms with van der Waals surface area (Å²) in [7, 11) is -3.86. The van der Waals surface area contributed by atoms with E-state index in [0.717, 1.165) is 18.2 Å². The Morgan fingerprint density at radius 3 is 2.45 bits per heavy atom. The third-order valence-electron chi connectivity index (χ3n) is 5.99. The minimum atomic E-state index is -4.55. The smallest absolute Gasteiger partial charge is 0.416 e. The number of alkyl halides is 3. The van der Waals surface area contributed by atoms with Gasteiger partial charge in [0, 0.05) is 18.0 Å². The number of carbonyl (C=O) groups excluding carboxylic acids is 1. The Hall–Kier alpha value is -2.17. The molecule has 2 bridgehead atoms. The number of sulfonamides is 1. The van der Waals surface area contributed by atoms with Crippen LogP contribution in [-0.4, -0.2) is 26.3 Å². The first-order chi connectivity index (χ1) is 15.3. The predicted octanol–water partition coefficient (Wildman–Crippen LogP) is 4.88. The molecule has 2 aromatic carbocycles. The van der Waals surface area contributed by atoms with Crippen molar-refractivity contribution in [1.29, 1.82) is 0 Å². The fourth-order valence-corrected chi connectivity index (χ4v) is 6.60. The molecule has 11 heteroatoms. The second kappa shape index (κ2) is 8.25. The Bertz CT molecular complexity index is 1180. The molecule has 5 nitrogen and oxygen atoms in total. The summed E-state index contributed by atoms with van der Waals surface area (Å²) in [6, 6.07) is 8.09.